The van der Waals surface area contributed by atoms with Gasteiger partial charge in [0.05, 0.1) is 6.42 Å². The van der Waals surface area contributed by atoms with E-state index in [-0.39, 0.29) is 5.56 Å². The van der Waals surface area contributed by atoms with E-state index in [4.69, 9.17) is 0 Å². The van der Waals surface area contributed by atoms with E-state index in [1.807, 2.05) is 0 Å². The Morgan fingerprint density at radius 1 is 1.18 bits per heavy atom. The molecule has 5 heteroatoms. The fourth-order valence-corrected chi connectivity index (χ4v) is 1.44. The molecule has 1 aromatic rings. The van der Waals surface area contributed by atoms with Gasteiger partial charge >= 0.3 is 6.18 Å². The highest BCUT2D eigenvalue weighted by Crippen LogP contribution is 2.20. The van der Waals surface area contributed by atoms with Crippen LogP contribution in [-0.4, -0.2) is 17.7 Å². The van der Waals surface area contributed by atoms with Gasteiger partial charge in [-0.2, -0.15) is 13.2 Å². The van der Waals surface area contributed by atoms with Crippen molar-refractivity contribution in [3.05, 3.63) is 35.4 Å². The lowest BCUT2D eigenvalue weighted by Crippen LogP contribution is -2.25. The van der Waals surface area contributed by atoms with Crippen molar-refractivity contribution in [2.24, 2.45) is 0 Å². The monoisotopic (exact) mass is 244 g/mol. The average Bonchev–Trinajstić information content (AvgIpc) is 2.27. The Balaban J connectivity index is 2.88. The second-order valence-electron chi connectivity index (χ2n) is 3.53. The SMILES string of the molecule is CCc1ccccc1C(=O)CC(=O)C(F)(F)F. The number of rotatable bonds is 4. The molecule has 1 rings (SSSR count). The van der Waals surface area contributed by atoms with Gasteiger partial charge in [-0.3, -0.25) is 9.59 Å². The number of ketones is 2. The van der Waals surface area contributed by atoms with Crippen LogP contribution in [-0.2, 0) is 11.2 Å². The number of carbonyl (C=O) groups is 2. The molecular formula is C12H11F3O2. The molecule has 0 N–H and O–H groups in total. The molecule has 0 fully saturated rings. The van der Waals surface area contributed by atoms with Crippen LogP contribution in [0, 0.1) is 0 Å². The third-order valence-corrected chi connectivity index (χ3v) is 2.34. The largest absolute Gasteiger partial charge is 0.450 e. The van der Waals surface area contributed by atoms with Crippen molar-refractivity contribution in [3.8, 4) is 0 Å². The van der Waals surface area contributed by atoms with Crippen LogP contribution in [0.15, 0.2) is 24.3 Å². The lowest BCUT2D eigenvalue weighted by Gasteiger charge is -2.07. The highest BCUT2D eigenvalue weighted by Gasteiger charge is 2.39. The molecule has 0 atom stereocenters. The summed E-state index contributed by atoms with van der Waals surface area (Å²) >= 11 is 0. The van der Waals surface area contributed by atoms with Crippen molar-refractivity contribution in [1.29, 1.82) is 0 Å². The van der Waals surface area contributed by atoms with E-state index in [9.17, 15) is 22.8 Å². The molecule has 17 heavy (non-hydrogen) atoms. The number of aryl methyl sites for hydroxylation is 1. The van der Waals surface area contributed by atoms with Gasteiger partial charge in [-0.05, 0) is 12.0 Å². The van der Waals surface area contributed by atoms with Gasteiger partial charge in [-0.25, -0.2) is 0 Å². The van der Waals surface area contributed by atoms with Crippen molar-refractivity contribution < 1.29 is 22.8 Å². The molecule has 0 aliphatic rings. The molecule has 0 amide bonds. The molecule has 0 aromatic heterocycles. The Bertz CT molecular complexity index is 436. The highest BCUT2D eigenvalue weighted by molar-refractivity contribution is 6.10. The van der Waals surface area contributed by atoms with E-state index >= 15 is 0 Å². The molecular weight excluding hydrogens is 233 g/mol. The lowest BCUT2D eigenvalue weighted by molar-refractivity contribution is -0.170. The molecule has 0 heterocycles. The first-order chi connectivity index (χ1) is 7.86. The van der Waals surface area contributed by atoms with E-state index < -0.39 is 24.2 Å². The van der Waals surface area contributed by atoms with Gasteiger partial charge in [0.15, 0.2) is 5.78 Å². The van der Waals surface area contributed by atoms with Gasteiger partial charge in [-0.1, -0.05) is 31.2 Å². The quantitative estimate of drug-likeness (QED) is 0.602. The Hall–Kier alpha value is -1.65. The Morgan fingerprint density at radius 2 is 1.76 bits per heavy atom. The van der Waals surface area contributed by atoms with Crippen molar-refractivity contribution in [2.45, 2.75) is 25.9 Å². The topological polar surface area (TPSA) is 34.1 Å². The number of Topliss-reactive ketones (excluding diaryl/α,β-unsaturated/α-hetero) is 2. The van der Waals surface area contributed by atoms with Gasteiger partial charge in [0, 0.05) is 5.56 Å². The molecule has 0 aliphatic heterocycles. The maximum Gasteiger partial charge on any atom is 0.450 e. The summed E-state index contributed by atoms with van der Waals surface area (Å²) in [6.07, 6.45) is -5.54. The molecule has 0 radical (unpaired) electrons. The first-order valence-corrected chi connectivity index (χ1v) is 5.07. The number of halogens is 3. The smallest absolute Gasteiger partial charge is 0.294 e. The maximum atomic E-state index is 12.0. The number of hydrogen-bond acceptors (Lipinski definition) is 2. The van der Waals surface area contributed by atoms with E-state index in [1.54, 1.807) is 25.1 Å². The summed E-state index contributed by atoms with van der Waals surface area (Å²) in [5, 5.41) is 0. The third kappa shape index (κ3) is 3.41. The third-order valence-electron chi connectivity index (χ3n) is 2.34. The highest BCUT2D eigenvalue weighted by atomic mass is 19.4. The molecule has 0 saturated carbocycles. The molecule has 2 nitrogen and oxygen atoms in total. The summed E-state index contributed by atoms with van der Waals surface area (Å²) in [6.45, 7) is 1.79. The van der Waals surface area contributed by atoms with Crippen molar-refractivity contribution in [2.75, 3.05) is 0 Å². The van der Waals surface area contributed by atoms with Gasteiger partial charge in [0.25, 0.3) is 0 Å². The van der Waals surface area contributed by atoms with Gasteiger partial charge in [0.1, 0.15) is 0 Å². The van der Waals surface area contributed by atoms with Gasteiger partial charge < -0.3 is 0 Å². The minimum atomic E-state index is -4.95. The van der Waals surface area contributed by atoms with E-state index in [2.05, 4.69) is 0 Å². The number of benzene rings is 1. The zero-order valence-corrected chi connectivity index (χ0v) is 9.17. The van der Waals surface area contributed by atoms with E-state index in [0.29, 0.717) is 12.0 Å². The Labute approximate surface area is 96.4 Å². The second kappa shape index (κ2) is 5.12. The standard InChI is InChI=1S/C12H11F3O2/c1-2-8-5-3-4-6-9(8)10(16)7-11(17)12(13,14)15/h3-6H,2,7H2,1H3. The van der Waals surface area contributed by atoms with Crippen molar-refractivity contribution in [1.82, 2.24) is 0 Å². The normalized spacial score (nSPS) is 11.3. The van der Waals surface area contributed by atoms with Crippen LogP contribution in [0.4, 0.5) is 13.2 Å². The Morgan fingerprint density at radius 3 is 2.29 bits per heavy atom. The molecule has 92 valence electrons. The number of hydrogen-bond donors (Lipinski definition) is 0. The molecule has 0 bridgehead atoms. The van der Waals surface area contributed by atoms with E-state index in [0.717, 1.165) is 0 Å². The Kier molecular flexibility index (Phi) is 4.04. The zero-order chi connectivity index (χ0) is 13.1. The van der Waals surface area contributed by atoms with Crippen LogP contribution in [0.25, 0.3) is 0 Å². The summed E-state index contributed by atoms with van der Waals surface area (Å²) in [4.78, 5) is 22.3. The summed E-state index contributed by atoms with van der Waals surface area (Å²) < 4.78 is 36.0. The lowest BCUT2D eigenvalue weighted by atomic mass is 9.98. The summed E-state index contributed by atoms with van der Waals surface area (Å²) in [5.74, 6) is -2.79. The predicted molar refractivity (Wildman–Crippen MR) is 55.8 cm³/mol. The maximum absolute atomic E-state index is 12.0. The van der Waals surface area contributed by atoms with Gasteiger partial charge in [0.2, 0.25) is 5.78 Å². The average molecular weight is 244 g/mol. The predicted octanol–water partition coefficient (Wildman–Crippen LogP) is 2.95. The molecule has 0 unspecified atom stereocenters. The molecule has 0 aliphatic carbocycles. The van der Waals surface area contributed by atoms with Gasteiger partial charge in [-0.15, -0.1) is 0 Å². The number of alkyl halides is 3. The summed E-state index contributed by atoms with van der Waals surface area (Å²) in [5.41, 5.74) is 0.833. The van der Waals surface area contributed by atoms with E-state index in [1.165, 1.54) is 6.07 Å². The van der Waals surface area contributed by atoms with Crippen LogP contribution in [0.1, 0.15) is 29.3 Å². The van der Waals surface area contributed by atoms with Crippen LogP contribution < -0.4 is 0 Å². The molecule has 0 spiro atoms. The fraction of sp³-hybridized carbons (Fsp3) is 0.333. The van der Waals surface area contributed by atoms with Crippen LogP contribution in [0.2, 0.25) is 0 Å². The minimum Gasteiger partial charge on any atom is -0.294 e. The minimum absolute atomic E-state index is 0.188. The summed E-state index contributed by atoms with van der Waals surface area (Å²) in [6, 6.07) is 6.35. The van der Waals surface area contributed by atoms with Crippen LogP contribution >= 0.6 is 0 Å². The first-order valence-electron chi connectivity index (χ1n) is 5.07. The molecule has 0 saturated heterocycles. The van der Waals surface area contributed by atoms with Crippen molar-refractivity contribution >= 4 is 11.6 Å². The fourth-order valence-electron chi connectivity index (χ4n) is 1.44. The second-order valence-corrected chi connectivity index (χ2v) is 3.53. The zero-order valence-electron chi connectivity index (χ0n) is 9.17. The molecule has 1 aromatic carbocycles. The number of carbonyl (C=O) groups excluding carboxylic acids is 2. The first kappa shape index (κ1) is 13.4. The van der Waals surface area contributed by atoms with Crippen molar-refractivity contribution in [3.63, 3.8) is 0 Å². The summed E-state index contributed by atoms with van der Waals surface area (Å²) in [7, 11) is 0. The van der Waals surface area contributed by atoms with Crippen LogP contribution in [0.3, 0.4) is 0 Å². The van der Waals surface area contributed by atoms with Crippen LogP contribution in [0.5, 0.6) is 0 Å².